The number of benzene rings is 1. The van der Waals surface area contributed by atoms with E-state index in [0.717, 1.165) is 19.3 Å². The molecule has 1 unspecified atom stereocenters. The molecule has 0 bridgehead atoms. The predicted molar refractivity (Wildman–Crippen MR) is 83.9 cm³/mol. The molecule has 21 heavy (non-hydrogen) atoms. The Morgan fingerprint density at radius 1 is 1.43 bits per heavy atom. The van der Waals surface area contributed by atoms with Gasteiger partial charge in [-0.3, -0.25) is 0 Å². The second kappa shape index (κ2) is 7.09. The Balaban J connectivity index is 2.33. The minimum Gasteiger partial charge on any atom is -0.496 e. The summed E-state index contributed by atoms with van der Waals surface area (Å²) < 4.78 is 32.9. The third kappa shape index (κ3) is 3.59. The van der Waals surface area contributed by atoms with Crippen molar-refractivity contribution in [2.45, 2.75) is 36.6 Å². The molecular formula is C14H20BrNO4S. The van der Waals surface area contributed by atoms with Gasteiger partial charge in [-0.2, -0.15) is 4.31 Å². The van der Waals surface area contributed by atoms with E-state index in [1.807, 2.05) is 0 Å². The third-order valence-corrected chi connectivity index (χ3v) is 6.33. The number of rotatable bonds is 5. The van der Waals surface area contributed by atoms with Crippen LogP contribution in [0.15, 0.2) is 27.6 Å². The molecule has 0 spiro atoms. The molecule has 1 fully saturated rings. The first-order valence-corrected chi connectivity index (χ1v) is 9.20. The van der Waals surface area contributed by atoms with Gasteiger partial charge in [-0.25, -0.2) is 8.42 Å². The van der Waals surface area contributed by atoms with Crippen molar-refractivity contribution in [3.63, 3.8) is 0 Å². The number of methoxy groups -OCH3 is 1. The Kier molecular flexibility index (Phi) is 5.65. The molecule has 1 saturated heterocycles. The zero-order valence-electron chi connectivity index (χ0n) is 12.0. The summed E-state index contributed by atoms with van der Waals surface area (Å²) in [6.07, 6.45) is 3.15. The quantitative estimate of drug-likeness (QED) is 0.855. The van der Waals surface area contributed by atoms with E-state index < -0.39 is 10.0 Å². The number of aliphatic hydroxyl groups is 1. The lowest BCUT2D eigenvalue weighted by Gasteiger charge is -2.34. The second-order valence-corrected chi connectivity index (χ2v) is 7.82. The fourth-order valence-corrected chi connectivity index (χ4v) is 5.11. The SMILES string of the molecule is COc1ccc(S(=O)(=O)N2CCCCC2CCO)cc1Br. The highest BCUT2D eigenvalue weighted by atomic mass is 79.9. The summed E-state index contributed by atoms with van der Waals surface area (Å²) in [6, 6.07) is 4.65. The van der Waals surface area contributed by atoms with E-state index in [0.29, 0.717) is 23.2 Å². The van der Waals surface area contributed by atoms with Crippen LogP contribution in [0, 0.1) is 0 Å². The number of hydrogen-bond donors (Lipinski definition) is 1. The van der Waals surface area contributed by atoms with Gasteiger partial charge in [-0.15, -0.1) is 0 Å². The lowest BCUT2D eigenvalue weighted by Crippen LogP contribution is -2.44. The molecule has 0 saturated carbocycles. The van der Waals surface area contributed by atoms with Crippen LogP contribution < -0.4 is 4.74 Å². The van der Waals surface area contributed by atoms with Gasteiger partial charge in [0.05, 0.1) is 16.5 Å². The van der Waals surface area contributed by atoms with Crippen molar-refractivity contribution < 1.29 is 18.3 Å². The maximum atomic E-state index is 12.8. The molecule has 0 radical (unpaired) electrons. The van der Waals surface area contributed by atoms with Crippen LogP contribution in [0.3, 0.4) is 0 Å². The molecule has 2 rings (SSSR count). The molecule has 1 atom stereocenters. The summed E-state index contributed by atoms with van der Waals surface area (Å²) in [6.45, 7) is 0.514. The largest absolute Gasteiger partial charge is 0.496 e. The average molecular weight is 378 g/mol. The molecule has 1 aromatic carbocycles. The maximum absolute atomic E-state index is 12.8. The number of hydrogen-bond acceptors (Lipinski definition) is 4. The second-order valence-electron chi connectivity index (χ2n) is 5.07. The molecule has 1 aliphatic heterocycles. The maximum Gasteiger partial charge on any atom is 0.243 e. The standard InChI is InChI=1S/C14H20BrNO4S/c1-20-14-6-5-12(10-13(14)15)21(18,19)16-8-3-2-4-11(16)7-9-17/h5-6,10-11,17H,2-4,7-9H2,1H3. The highest BCUT2D eigenvalue weighted by Gasteiger charge is 2.33. The van der Waals surface area contributed by atoms with Crippen molar-refractivity contribution >= 4 is 26.0 Å². The number of ether oxygens (including phenoxy) is 1. The average Bonchev–Trinajstić information content (AvgIpc) is 2.48. The summed E-state index contributed by atoms with van der Waals surface area (Å²) in [7, 11) is -2.01. The molecule has 5 nitrogen and oxygen atoms in total. The van der Waals surface area contributed by atoms with E-state index in [4.69, 9.17) is 9.84 Å². The van der Waals surface area contributed by atoms with Crippen LogP contribution in [-0.4, -0.2) is 44.1 Å². The Hall–Kier alpha value is -0.630. The first kappa shape index (κ1) is 16.7. The minimum atomic E-state index is -3.54. The monoisotopic (exact) mass is 377 g/mol. The summed E-state index contributed by atoms with van der Waals surface area (Å²) in [5.74, 6) is 0.597. The number of piperidine rings is 1. The van der Waals surface area contributed by atoms with Crippen molar-refractivity contribution in [3.8, 4) is 5.75 Å². The summed E-state index contributed by atoms with van der Waals surface area (Å²) in [4.78, 5) is 0.250. The Morgan fingerprint density at radius 2 is 2.19 bits per heavy atom. The number of halogens is 1. The van der Waals surface area contributed by atoms with Gasteiger partial charge < -0.3 is 9.84 Å². The van der Waals surface area contributed by atoms with Crippen molar-refractivity contribution in [1.82, 2.24) is 4.31 Å². The fraction of sp³-hybridized carbons (Fsp3) is 0.571. The van der Waals surface area contributed by atoms with Gasteiger partial charge in [-0.1, -0.05) is 6.42 Å². The van der Waals surface area contributed by atoms with Crippen molar-refractivity contribution in [1.29, 1.82) is 0 Å². The van der Waals surface area contributed by atoms with Gasteiger partial charge in [0.15, 0.2) is 0 Å². The summed E-state index contributed by atoms with van der Waals surface area (Å²) >= 11 is 3.32. The van der Waals surface area contributed by atoms with E-state index >= 15 is 0 Å². The fourth-order valence-electron chi connectivity index (χ4n) is 2.67. The van der Waals surface area contributed by atoms with Gasteiger partial charge in [0.2, 0.25) is 10.0 Å². The summed E-state index contributed by atoms with van der Waals surface area (Å²) in [5.41, 5.74) is 0. The van der Waals surface area contributed by atoms with Crippen molar-refractivity contribution in [2.75, 3.05) is 20.3 Å². The first-order valence-electron chi connectivity index (χ1n) is 6.97. The molecule has 7 heteroatoms. The van der Waals surface area contributed by atoms with E-state index in [9.17, 15) is 8.42 Å². The smallest absolute Gasteiger partial charge is 0.243 e. The van der Waals surface area contributed by atoms with Crippen LogP contribution in [-0.2, 0) is 10.0 Å². The summed E-state index contributed by atoms with van der Waals surface area (Å²) in [5, 5.41) is 9.14. The molecule has 1 N–H and O–H groups in total. The van der Waals surface area contributed by atoms with Crippen LogP contribution in [0.1, 0.15) is 25.7 Å². The van der Waals surface area contributed by atoms with Gasteiger partial charge in [0, 0.05) is 19.2 Å². The number of aliphatic hydroxyl groups excluding tert-OH is 1. The van der Waals surface area contributed by atoms with Crippen LogP contribution in [0.5, 0.6) is 5.75 Å². The number of sulfonamides is 1. The topological polar surface area (TPSA) is 66.8 Å². The first-order chi connectivity index (χ1) is 10.0. The van der Waals surface area contributed by atoms with Gasteiger partial charge in [0.1, 0.15) is 5.75 Å². The Bertz CT molecular complexity index is 589. The van der Waals surface area contributed by atoms with Gasteiger partial charge in [0.25, 0.3) is 0 Å². The van der Waals surface area contributed by atoms with Crippen LogP contribution in [0.2, 0.25) is 0 Å². The van der Waals surface area contributed by atoms with Crippen molar-refractivity contribution in [3.05, 3.63) is 22.7 Å². The highest BCUT2D eigenvalue weighted by Crippen LogP contribution is 2.31. The minimum absolute atomic E-state index is 0.00297. The van der Waals surface area contributed by atoms with Crippen molar-refractivity contribution in [2.24, 2.45) is 0 Å². The van der Waals surface area contributed by atoms with E-state index in [1.165, 1.54) is 11.4 Å². The molecule has 118 valence electrons. The zero-order valence-corrected chi connectivity index (χ0v) is 14.4. The van der Waals surface area contributed by atoms with E-state index in [1.54, 1.807) is 18.2 Å². The Morgan fingerprint density at radius 3 is 2.81 bits per heavy atom. The van der Waals surface area contributed by atoms with E-state index in [-0.39, 0.29) is 17.5 Å². The molecule has 0 amide bonds. The molecule has 0 aliphatic carbocycles. The molecule has 1 aliphatic rings. The lowest BCUT2D eigenvalue weighted by atomic mass is 10.0. The molecule has 1 aromatic rings. The van der Waals surface area contributed by atoms with Crippen LogP contribution >= 0.6 is 15.9 Å². The zero-order chi connectivity index (χ0) is 15.5. The molecular weight excluding hydrogens is 358 g/mol. The van der Waals surface area contributed by atoms with Crippen LogP contribution in [0.25, 0.3) is 0 Å². The number of nitrogens with zero attached hydrogens (tertiary/aromatic N) is 1. The van der Waals surface area contributed by atoms with Gasteiger partial charge in [-0.05, 0) is 53.4 Å². The predicted octanol–water partition coefficient (Wildman–Crippen LogP) is 2.38. The van der Waals surface area contributed by atoms with Gasteiger partial charge >= 0.3 is 0 Å². The highest BCUT2D eigenvalue weighted by molar-refractivity contribution is 9.10. The van der Waals surface area contributed by atoms with Crippen LogP contribution in [0.4, 0.5) is 0 Å². The van der Waals surface area contributed by atoms with E-state index in [2.05, 4.69) is 15.9 Å². The Labute approximate surface area is 134 Å². The lowest BCUT2D eigenvalue weighted by molar-refractivity contribution is 0.192. The molecule has 0 aromatic heterocycles. The normalized spacial score (nSPS) is 20.4. The third-order valence-electron chi connectivity index (χ3n) is 3.77. The molecule has 1 heterocycles.